The molecule has 1 saturated carbocycles. The Hall–Kier alpha value is -2.41. The molecule has 2 atom stereocenters. The molecule has 0 radical (unpaired) electrons. The summed E-state index contributed by atoms with van der Waals surface area (Å²) in [5, 5.41) is 0. The van der Waals surface area contributed by atoms with Gasteiger partial charge < -0.3 is 0 Å². The summed E-state index contributed by atoms with van der Waals surface area (Å²) in [5.41, 5.74) is 7.95. The van der Waals surface area contributed by atoms with Gasteiger partial charge >= 0.3 is 0 Å². The van der Waals surface area contributed by atoms with Gasteiger partial charge in [0.1, 0.15) is 0 Å². The smallest absolute Gasteiger partial charge is 0.0705 e. The van der Waals surface area contributed by atoms with Crippen LogP contribution in [0.2, 0.25) is 0 Å². The lowest BCUT2D eigenvalue weighted by Gasteiger charge is -2.15. The van der Waals surface area contributed by atoms with E-state index in [2.05, 4.69) is 66.9 Å². The van der Waals surface area contributed by atoms with E-state index in [4.69, 9.17) is 4.98 Å². The monoisotopic (exact) mass is 297 g/mol. The van der Waals surface area contributed by atoms with Crippen molar-refractivity contribution < 1.29 is 0 Å². The van der Waals surface area contributed by atoms with Crippen molar-refractivity contribution in [2.24, 2.45) is 0 Å². The Kier molecular flexibility index (Phi) is 2.87. The largest absolute Gasteiger partial charge is 0.256 e. The van der Waals surface area contributed by atoms with Gasteiger partial charge in [-0.05, 0) is 59.4 Å². The highest BCUT2D eigenvalue weighted by atomic mass is 14.7. The first-order valence-electron chi connectivity index (χ1n) is 8.54. The number of nitrogens with zero attached hydrogens (tertiary/aromatic N) is 1. The zero-order valence-electron chi connectivity index (χ0n) is 13.1. The van der Waals surface area contributed by atoms with E-state index in [9.17, 15) is 0 Å². The fraction of sp³-hybridized carbons (Fsp3) is 0.227. The van der Waals surface area contributed by atoms with Crippen molar-refractivity contribution in [1.29, 1.82) is 0 Å². The van der Waals surface area contributed by atoms with Crippen LogP contribution in [0.15, 0.2) is 66.9 Å². The average molecular weight is 297 g/mol. The molecule has 0 spiro atoms. The third-order valence-electron chi connectivity index (χ3n) is 5.57. The second-order valence-corrected chi connectivity index (χ2v) is 6.85. The van der Waals surface area contributed by atoms with E-state index in [1.807, 2.05) is 0 Å². The van der Waals surface area contributed by atoms with Crippen LogP contribution in [-0.4, -0.2) is 4.98 Å². The molecular formula is C22H19N. The second-order valence-electron chi connectivity index (χ2n) is 6.85. The second kappa shape index (κ2) is 5.06. The first kappa shape index (κ1) is 13.1. The molecule has 2 bridgehead atoms. The number of fused-ring (bicyclic) bond motifs is 5. The van der Waals surface area contributed by atoms with Crippen molar-refractivity contribution in [3.63, 3.8) is 0 Å². The van der Waals surface area contributed by atoms with Gasteiger partial charge in [0.05, 0.1) is 5.69 Å². The van der Waals surface area contributed by atoms with E-state index in [1.165, 1.54) is 41.5 Å². The summed E-state index contributed by atoms with van der Waals surface area (Å²) in [5.74, 6) is 1.58. The van der Waals surface area contributed by atoms with Crippen LogP contribution in [0.1, 0.15) is 42.2 Å². The number of hydrogen-bond donors (Lipinski definition) is 0. The molecule has 0 N–H and O–H groups in total. The van der Waals surface area contributed by atoms with Gasteiger partial charge in [-0.15, -0.1) is 0 Å². The Balaban J connectivity index is 1.50. The topological polar surface area (TPSA) is 12.9 Å². The third-order valence-corrected chi connectivity index (χ3v) is 5.57. The first-order chi connectivity index (χ1) is 11.4. The molecule has 2 aliphatic carbocycles. The van der Waals surface area contributed by atoms with Gasteiger partial charge in [0, 0.05) is 11.8 Å². The highest BCUT2D eigenvalue weighted by molar-refractivity contribution is 5.69. The van der Waals surface area contributed by atoms with Gasteiger partial charge in [-0.1, -0.05) is 54.6 Å². The lowest BCUT2D eigenvalue weighted by molar-refractivity contribution is 0.714. The normalized spacial score (nSPS) is 21.4. The minimum Gasteiger partial charge on any atom is -0.256 e. The molecule has 2 aliphatic rings. The molecule has 1 heterocycles. The fourth-order valence-electron chi connectivity index (χ4n) is 4.34. The molecule has 1 aromatic heterocycles. The molecule has 5 rings (SSSR count). The SMILES string of the molecule is c1ccc(-c2ccc(-c3cc4c(cn3)C3CCC4C3)cc2)cc1. The van der Waals surface area contributed by atoms with Crippen molar-refractivity contribution in [1.82, 2.24) is 4.98 Å². The van der Waals surface area contributed by atoms with E-state index in [-0.39, 0.29) is 0 Å². The maximum absolute atomic E-state index is 4.74. The molecular weight excluding hydrogens is 278 g/mol. The Bertz CT molecular complexity index is 849. The lowest BCUT2D eigenvalue weighted by atomic mass is 9.92. The number of hydrogen-bond acceptors (Lipinski definition) is 1. The standard InChI is InChI=1S/C22H19N/c1-2-4-15(5-3-1)16-6-8-17(9-7-16)22-13-20-18-10-11-19(12-18)21(20)14-23-22/h1-9,13-14,18-19H,10-12H2. The Labute approximate surface area is 137 Å². The molecule has 112 valence electrons. The van der Waals surface area contributed by atoms with E-state index in [0.717, 1.165) is 17.5 Å². The lowest BCUT2D eigenvalue weighted by Crippen LogP contribution is -1.99. The van der Waals surface area contributed by atoms with Gasteiger partial charge in [0.15, 0.2) is 0 Å². The van der Waals surface area contributed by atoms with Crippen molar-refractivity contribution in [2.45, 2.75) is 31.1 Å². The van der Waals surface area contributed by atoms with Crippen LogP contribution < -0.4 is 0 Å². The molecule has 1 fully saturated rings. The van der Waals surface area contributed by atoms with Crippen LogP contribution in [-0.2, 0) is 0 Å². The van der Waals surface area contributed by atoms with E-state index >= 15 is 0 Å². The van der Waals surface area contributed by atoms with Gasteiger partial charge in [-0.3, -0.25) is 4.98 Å². The molecule has 2 aromatic carbocycles. The quantitative estimate of drug-likeness (QED) is 0.584. The van der Waals surface area contributed by atoms with Crippen LogP contribution in [0.3, 0.4) is 0 Å². The number of pyridine rings is 1. The first-order valence-corrected chi connectivity index (χ1v) is 8.54. The highest BCUT2D eigenvalue weighted by Gasteiger charge is 2.37. The van der Waals surface area contributed by atoms with Crippen LogP contribution in [0.25, 0.3) is 22.4 Å². The van der Waals surface area contributed by atoms with Gasteiger partial charge in [-0.25, -0.2) is 0 Å². The van der Waals surface area contributed by atoms with Crippen LogP contribution in [0, 0.1) is 0 Å². The van der Waals surface area contributed by atoms with Crippen molar-refractivity contribution in [3.05, 3.63) is 78.0 Å². The summed E-state index contributed by atoms with van der Waals surface area (Å²) >= 11 is 0. The fourth-order valence-corrected chi connectivity index (χ4v) is 4.34. The number of rotatable bonds is 2. The summed E-state index contributed by atoms with van der Waals surface area (Å²) in [6.07, 6.45) is 6.23. The van der Waals surface area contributed by atoms with Crippen molar-refractivity contribution in [3.8, 4) is 22.4 Å². The summed E-state index contributed by atoms with van der Waals surface area (Å²) in [6.45, 7) is 0. The molecule has 1 heteroatoms. The van der Waals surface area contributed by atoms with Crippen LogP contribution in [0.5, 0.6) is 0 Å². The predicted molar refractivity (Wildman–Crippen MR) is 94.4 cm³/mol. The maximum atomic E-state index is 4.74. The van der Waals surface area contributed by atoms with Crippen molar-refractivity contribution in [2.75, 3.05) is 0 Å². The highest BCUT2D eigenvalue weighted by Crippen LogP contribution is 2.53. The molecule has 1 nitrogen and oxygen atoms in total. The zero-order chi connectivity index (χ0) is 15.2. The molecule has 3 aromatic rings. The molecule has 0 amide bonds. The maximum Gasteiger partial charge on any atom is 0.0705 e. The minimum atomic E-state index is 0.789. The summed E-state index contributed by atoms with van der Waals surface area (Å²) < 4.78 is 0. The van der Waals surface area contributed by atoms with Gasteiger partial charge in [0.25, 0.3) is 0 Å². The summed E-state index contributed by atoms with van der Waals surface area (Å²) in [7, 11) is 0. The molecule has 0 saturated heterocycles. The van der Waals surface area contributed by atoms with Crippen molar-refractivity contribution >= 4 is 0 Å². The van der Waals surface area contributed by atoms with Gasteiger partial charge in [-0.2, -0.15) is 0 Å². The predicted octanol–water partition coefficient (Wildman–Crippen LogP) is 5.78. The Morgan fingerprint density at radius 1 is 0.696 bits per heavy atom. The zero-order valence-corrected chi connectivity index (χ0v) is 13.1. The summed E-state index contributed by atoms with van der Waals surface area (Å²) in [6, 6.07) is 21.7. The van der Waals surface area contributed by atoms with E-state index in [0.29, 0.717) is 0 Å². The number of benzene rings is 2. The third kappa shape index (κ3) is 2.11. The van der Waals surface area contributed by atoms with E-state index in [1.54, 1.807) is 5.56 Å². The Morgan fingerprint density at radius 2 is 1.35 bits per heavy atom. The van der Waals surface area contributed by atoms with Crippen LogP contribution in [0.4, 0.5) is 0 Å². The van der Waals surface area contributed by atoms with Gasteiger partial charge in [0.2, 0.25) is 0 Å². The Morgan fingerprint density at radius 3 is 2.13 bits per heavy atom. The number of aromatic nitrogens is 1. The minimum absolute atomic E-state index is 0.789. The molecule has 0 aliphatic heterocycles. The molecule has 2 unspecified atom stereocenters. The van der Waals surface area contributed by atoms with Crippen LogP contribution >= 0.6 is 0 Å². The summed E-state index contributed by atoms with van der Waals surface area (Å²) in [4.78, 5) is 4.74. The molecule has 23 heavy (non-hydrogen) atoms. The van der Waals surface area contributed by atoms with E-state index < -0.39 is 0 Å². The average Bonchev–Trinajstić information content (AvgIpc) is 3.25.